The molecule has 1 aliphatic carbocycles. The smallest absolute Gasteiger partial charge is 0.198 e. The van der Waals surface area contributed by atoms with E-state index in [-0.39, 0.29) is 11.6 Å². The van der Waals surface area contributed by atoms with Crippen molar-refractivity contribution < 1.29 is 9.59 Å². The molecular weight excluding hydrogens is 328 g/mol. The maximum Gasteiger partial charge on any atom is 0.198 e. The zero-order chi connectivity index (χ0) is 18.5. The van der Waals surface area contributed by atoms with Crippen LogP contribution in [0.1, 0.15) is 44.7 Å². The number of hydrogen-bond donors (Lipinski definition) is 4. The minimum atomic E-state index is -0.138. The van der Waals surface area contributed by atoms with Crippen LogP contribution >= 0.6 is 0 Å². The largest absolute Gasteiger partial charge is 0.384 e. The SMILES string of the molecule is NCCCNc1cccc2c1C(=O)c1c(NCCCN)cccc1C2=O. The number of anilines is 2. The molecule has 6 heteroatoms. The second kappa shape index (κ2) is 8.12. The number of carbonyl (C=O) groups is 2. The van der Waals surface area contributed by atoms with Gasteiger partial charge in [0.25, 0.3) is 0 Å². The van der Waals surface area contributed by atoms with Crippen molar-refractivity contribution in [3.63, 3.8) is 0 Å². The van der Waals surface area contributed by atoms with Crippen LogP contribution in [0.3, 0.4) is 0 Å². The maximum absolute atomic E-state index is 13.3. The third kappa shape index (κ3) is 3.34. The van der Waals surface area contributed by atoms with Gasteiger partial charge in [-0.25, -0.2) is 0 Å². The van der Waals surface area contributed by atoms with Gasteiger partial charge < -0.3 is 22.1 Å². The van der Waals surface area contributed by atoms with Crippen LogP contribution < -0.4 is 22.1 Å². The number of ketones is 2. The van der Waals surface area contributed by atoms with Crippen LogP contribution in [0.25, 0.3) is 0 Å². The fraction of sp³-hybridized carbons (Fsp3) is 0.300. The quantitative estimate of drug-likeness (QED) is 0.462. The lowest BCUT2D eigenvalue weighted by atomic mass is 9.82. The van der Waals surface area contributed by atoms with Gasteiger partial charge in [0.2, 0.25) is 0 Å². The van der Waals surface area contributed by atoms with E-state index in [1.54, 1.807) is 24.3 Å². The molecule has 0 atom stereocenters. The molecule has 0 saturated heterocycles. The van der Waals surface area contributed by atoms with Gasteiger partial charge in [-0.05, 0) is 38.1 Å². The zero-order valence-electron chi connectivity index (χ0n) is 14.7. The average molecular weight is 352 g/mol. The first kappa shape index (κ1) is 18.1. The van der Waals surface area contributed by atoms with Crippen LogP contribution in [0.4, 0.5) is 11.4 Å². The highest BCUT2D eigenvalue weighted by Crippen LogP contribution is 2.35. The van der Waals surface area contributed by atoms with E-state index >= 15 is 0 Å². The fourth-order valence-corrected chi connectivity index (χ4v) is 3.19. The Balaban J connectivity index is 2.02. The molecular formula is C20H24N4O2. The summed E-state index contributed by atoms with van der Waals surface area (Å²) in [6.45, 7) is 2.43. The van der Waals surface area contributed by atoms with E-state index in [1.807, 2.05) is 12.1 Å². The van der Waals surface area contributed by atoms with Gasteiger partial charge in [0, 0.05) is 35.6 Å². The Hall–Kier alpha value is -2.70. The number of hydrogen-bond acceptors (Lipinski definition) is 6. The summed E-state index contributed by atoms with van der Waals surface area (Å²) >= 11 is 0. The number of fused-ring (bicyclic) bond motifs is 2. The van der Waals surface area contributed by atoms with Crippen LogP contribution in [-0.4, -0.2) is 37.7 Å². The summed E-state index contributed by atoms with van der Waals surface area (Å²) in [6.07, 6.45) is 1.57. The van der Waals surface area contributed by atoms with E-state index in [4.69, 9.17) is 11.5 Å². The second-order valence-electron chi connectivity index (χ2n) is 6.25. The summed E-state index contributed by atoms with van der Waals surface area (Å²) in [6, 6.07) is 10.7. The summed E-state index contributed by atoms with van der Waals surface area (Å²) in [5.74, 6) is -0.263. The predicted octanol–water partition coefficient (Wildman–Crippen LogP) is 1.98. The van der Waals surface area contributed by atoms with Crippen LogP contribution in [0, 0.1) is 0 Å². The van der Waals surface area contributed by atoms with Crippen molar-refractivity contribution in [3.05, 3.63) is 58.7 Å². The molecule has 0 amide bonds. The van der Waals surface area contributed by atoms with E-state index < -0.39 is 0 Å². The Morgan fingerprint density at radius 1 is 0.692 bits per heavy atom. The normalized spacial score (nSPS) is 12.5. The Morgan fingerprint density at radius 3 is 1.58 bits per heavy atom. The van der Waals surface area contributed by atoms with Crippen molar-refractivity contribution in [2.24, 2.45) is 11.5 Å². The summed E-state index contributed by atoms with van der Waals surface area (Å²) in [7, 11) is 0. The summed E-state index contributed by atoms with van der Waals surface area (Å²) < 4.78 is 0. The van der Waals surface area contributed by atoms with Crippen LogP contribution in [0.2, 0.25) is 0 Å². The first-order chi connectivity index (χ1) is 12.7. The molecule has 2 aromatic carbocycles. The topological polar surface area (TPSA) is 110 Å². The monoisotopic (exact) mass is 352 g/mol. The van der Waals surface area contributed by atoms with E-state index in [9.17, 15) is 9.59 Å². The molecule has 0 aliphatic heterocycles. The third-order valence-electron chi connectivity index (χ3n) is 4.46. The fourth-order valence-electron chi connectivity index (χ4n) is 3.19. The Labute approximate surface area is 153 Å². The summed E-state index contributed by atoms with van der Waals surface area (Å²) in [5.41, 5.74) is 14.2. The van der Waals surface area contributed by atoms with Gasteiger partial charge >= 0.3 is 0 Å². The van der Waals surface area contributed by atoms with Crippen molar-refractivity contribution in [3.8, 4) is 0 Å². The molecule has 0 fully saturated rings. The van der Waals surface area contributed by atoms with Crippen LogP contribution in [0.15, 0.2) is 36.4 Å². The van der Waals surface area contributed by atoms with Gasteiger partial charge in [0.1, 0.15) is 0 Å². The highest BCUT2D eigenvalue weighted by molar-refractivity contribution is 6.31. The molecule has 1 aliphatic rings. The van der Waals surface area contributed by atoms with Gasteiger partial charge in [0.15, 0.2) is 11.6 Å². The van der Waals surface area contributed by atoms with Gasteiger partial charge in [-0.2, -0.15) is 0 Å². The lowest BCUT2D eigenvalue weighted by Crippen LogP contribution is -2.24. The van der Waals surface area contributed by atoms with Gasteiger partial charge in [-0.15, -0.1) is 0 Å². The standard InChI is InChI=1S/C20H24N4O2/c21-9-3-11-23-15-7-1-5-13-17(15)20(26)18-14(19(13)25)6-2-8-16(18)24-12-4-10-22/h1-2,5-8,23-24H,3-4,9-12,21-22H2. The number of nitrogens with two attached hydrogens (primary N) is 2. The second-order valence-corrected chi connectivity index (χ2v) is 6.25. The van der Waals surface area contributed by atoms with Crippen molar-refractivity contribution in [1.29, 1.82) is 0 Å². The number of nitrogens with one attached hydrogen (secondary N) is 2. The molecule has 2 aromatic rings. The van der Waals surface area contributed by atoms with Crippen molar-refractivity contribution in [2.45, 2.75) is 12.8 Å². The first-order valence-electron chi connectivity index (χ1n) is 8.92. The van der Waals surface area contributed by atoms with E-state index in [0.717, 1.165) is 12.8 Å². The van der Waals surface area contributed by atoms with E-state index in [0.29, 0.717) is 59.8 Å². The van der Waals surface area contributed by atoms with Crippen molar-refractivity contribution in [2.75, 3.05) is 36.8 Å². The summed E-state index contributed by atoms with van der Waals surface area (Å²) in [4.78, 5) is 26.2. The summed E-state index contributed by atoms with van der Waals surface area (Å²) in [5, 5.41) is 6.47. The van der Waals surface area contributed by atoms with Gasteiger partial charge in [-0.1, -0.05) is 24.3 Å². The average Bonchev–Trinajstić information content (AvgIpc) is 2.66. The van der Waals surface area contributed by atoms with Crippen LogP contribution in [0.5, 0.6) is 0 Å². The first-order valence-corrected chi connectivity index (χ1v) is 8.92. The molecule has 136 valence electrons. The maximum atomic E-state index is 13.3. The highest BCUT2D eigenvalue weighted by Gasteiger charge is 2.33. The number of rotatable bonds is 8. The lowest BCUT2D eigenvalue weighted by Gasteiger charge is -2.23. The molecule has 0 saturated carbocycles. The number of carbonyl (C=O) groups excluding carboxylic acids is 2. The van der Waals surface area contributed by atoms with Gasteiger partial charge in [0.05, 0.1) is 11.1 Å². The van der Waals surface area contributed by atoms with Gasteiger partial charge in [-0.3, -0.25) is 9.59 Å². The third-order valence-corrected chi connectivity index (χ3v) is 4.46. The molecule has 3 rings (SSSR count). The molecule has 6 N–H and O–H groups in total. The molecule has 0 aromatic heterocycles. The Kier molecular flexibility index (Phi) is 5.65. The minimum absolute atomic E-state index is 0.125. The molecule has 6 nitrogen and oxygen atoms in total. The number of benzene rings is 2. The van der Waals surface area contributed by atoms with Crippen LogP contribution in [-0.2, 0) is 0 Å². The minimum Gasteiger partial charge on any atom is -0.384 e. The lowest BCUT2D eigenvalue weighted by molar-refractivity contribution is 0.0980. The molecule has 0 spiro atoms. The zero-order valence-corrected chi connectivity index (χ0v) is 14.7. The molecule has 0 unspecified atom stereocenters. The Bertz CT molecular complexity index is 767. The molecule has 0 heterocycles. The Morgan fingerprint density at radius 2 is 1.15 bits per heavy atom. The van der Waals surface area contributed by atoms with Crippen molar-refractivity contribution in [1.82, 2.24) is 0 Å². The van der Waals surface area contributed by atoms with E-state index in [1.165, 1.54) is 0 Å². The predicted molar refractivity (Wildman–Crippen MR) is 104 cm³/mol. The highest BCUT2D eigenvalue weighted by atomic mass is 16.1. The molecule has 0 bridgehead atoms. The molecule has 0 radical (unpaired) electrons. The molecule has 26 heavy (non-hydrogen) atoms. The van der Waals surface area contributed by atoms with Crippen molar-refractivity contribution >= 4 is 22.9 Å². The van der Waals surface area contributed by atoms with E-state index in [2.05, 4.69) is 10.6 Å².